The van der Waals surface area contributed by atoms with E-state index in [1.807, 2.05) is 0 Å². The third-order valence-electron chi connectivity index (χ3n) is 5.70. The maximum Gasteiger partial charge on any atom is 0.243 e. The summed E-state index contributed by atoms with van der Waals surface area (Å²) >= 11 is 2.07. The van der Waals surface area contributed by atoms with Gasteiger partial charge in [0.25, 0.3) is 0 Å². The Morgan fingerprint density at radius 3 is 2.64 bits per heavy atom. The maximum atomic E-state index is 11.9. The van der Waals surface area contributed by atoms with Gasteiger partial charge in [-0.3, -0.25) is 4.79 Å². The van der Waals surface area contributed by atoms with Crippen molar-refractivity contribution in [3.8, 4) is 0 Å². The molecule has 1 aliphatic heterocycles. The van der Waals surface area contributed by atoms with Crippen molar-refractivity contribution in [3.63, 3.8) is 0 Å². The van der Waals surface area contributed by atoms with Crippen molar-refractivity contribution in [1.29, 1.82) is 0 Å². The molecule has 25 heavy (non-hydrogen) atoms. The van der Waals surface area contributed by atoms with E-state index < -0.39 is 0 Å². The largest absolute Gasteiger partial charge is 0.355 e. The van der Waals surface area contributed by atoms with Crippen LogP contribution in [-0.4, -0.2) is 61.0 Å². The Bertz CT molecular complexity index is 468. The summed E-state index contributed by atoms with van der Waals surface area (Å²) in [7, 11) is 3.57. The highest BCUT2D eigenvalue weighted by Crippen LogP contribution is 2.44. The zero-order valence-corrected chi connectivity index (χ0v) is 18.6. The van der Waals surface area contributed by atoms with E-state index >= 15 is 0 Å². The third kappa shape index (κ3) is 6.19. The fourth-order valence-electron chi connectivity index (χ4n) is 4.22. The zero-order valence-electron chi connectivity index (χ0n) is 15.5. The lowest BCUT2D eigenvalue weighted by Crippen LogP contribution is -2.47. The minimum atomic E-state index is 0. The van der Waals surface area contributed by atoms with Gasteiger partial charge in [-0.2, -0.15) is 11.8 Å². The number of carbonyl (C=O) groups is 1. The predicted molar refractivity (Wildman–Crippen MR) is 117 cm³/mol. The molecule has 3 rings (SSSR count). The molecule has 0 spiro atoms. The molecule has 2 bridgehead atoms. The molecular weight excluding hydrogens is 447 g/mol. The number of nitrogens with zero attached hydrogens (tertiary/aromatic N) is 2. The SMILES string of the molecule is CN(C)C(=O)CN=C(NCC1CCCCS1)NC1CC2CCC1C2.I. The minimum Gasteiger partial charge on any atom is -0.355 e. The molecule has 2 aliphatic carbocycles. The summed E-state index contributed by atoms with van der Waals surface area (Å²) in [5.41, 5.74) is 0. The first kappa shape index (κ1) is 21.1. The molecule has 0 radical (unpaired) electrons. The van der Waals surface area contributed by atoms with E-state index in [9.17, 15) is 4.79 Å². The number of likely N-dealkylation sites (N-methyl/N-ethyl adjacent to an activating group) is 1. The van der Waals surface area contributed by atoms with Crippen molar-refractivity contribution in [2.24, 2.45) is 16.8 Å². The molecule has 4 unspecified atom stereocenters. The van der Waals surface area contributed by atoms with E-state index in [1.54, 1.807) is 19.0 Å². The van der Waals surface area contributed by atoms with Crippen LogP contribution in [0.2, 0.25) is 0 Å². The van der Waals surface area contributed by atoms with Crippen LogP contribution in [0.4, 0.5) is 0 Å². The van der Waals surface area contributed by atoms with Crippen LogP contribution in [-0.2, 0) is 4.79 Å². The van der Waals surface area contributed by atoms with Crippen molar-refractivity contribution in [3.05, 3.63) is 0 Å². The Hall–Kier alpha value is -0.180. The number of amides is 1. The molecule has 3 aliphatic rings. The van der Waals surface area contributed by atoms with E-state index in [-0.39, 0.29) is 36.4 Å². The molecule has 1 amide bonds. The number of hydrogen-bond acceptors (Lipinski definition) is 3. The zero-order chi connectivity index (χ0) is 16.9. The second-order valence-electron chi connectivity index (χ2n) is 7.75. The fourth-order valence-corrected chi connectivity index (χ4v) is 5.46. The van der Waals surface area contributed by atoms with Gasteiger partial charge in [-0.1, -0.05) is 12.8 Å². The van der Waals surface area contributed by atoms with Crippen molar-refractivity contribution in [1.82, 2.24) is 15.5 Å². The van der Waals surface area contributed by atoms with Gasteiger partial charge in [-0.15, -0.1) is 24.0 Å². The molecule has 1 saturated heterocycles. The van der Waals surface area contributed by atoms with Gasteiger partial charge >= 0.3 is 0 Å². The second kappa shape index (κ2) is 10.2. The predicted octanol–water partition coefficient (Wildman–Crippen LogP) is 2.70. The molecule has 7 heteroatoms. The van der Waals surface area contributed by atoms with Crippen LogP contribution in [0.25, 0.3) is 0 Å². The number of fused-ring (bicyclic) bond motifs is 2. The lowest BCUT2D eigenvalue weighted by Gasteiger charge is -2.27. The molecule has 4 atom stereocenters. The Morgan fingerprint density at radius 2 is 2.04 bits per heavy atom. The fraction of sp³-hybridized carbons (Fsp3) is 0.889. The topological polar surface area (TPSA) is 56.7 Å². The summed E-state index contributed by atoms with van der Waals surface area (Å²) in [6, 6.07) is 0.545. The summed E-state index contributed by atoms with van der Waals surface area (Å²) < 4.78 is 0. The van der Waals surface area contributed by atoms with Gasteiger partial charge in [0.2, 0.25) is 5.91 Å². The first-order valence-electron chi connectivity index (χ1n) is 9.48. The average Bonchev–Trinajstić information content (AvgIpc) is 3.20. The summed E-state index contributed by atoms with van der Waals surface area (Å²) in [5.74, 6) is 3.88. The lowest BCUT2D eigenvalue weighted by molar-refractivity contribution is -0.127. The van der Waals surface area contributed by atoms with Crippen LogP contribution in [0.1, 0.15) is 44.9 Å². The molecule has 0 aromatic heterocycles. The van der Waals surface area contributed by atoms with E-state index in [1.165, 1.54) is 50.7 Å². The van der Waals surface area contributed by atoms with Gasteiger partial charge in [0.05, 0.1) is 0 Å². The van der Waals surface area contributed by atoms with Crippen LogP contribution in [0, 0.1) is 11.8 Å². The molecule has 5 nitrogen and oxygen atoms in total. The Morgan fingerprint density at radius 1 is 1.20 bits per heavy atom. The highest BCUT2D eigenvalue weighted by Gasteiger charge is 2.39. The van der Waals surface area contributed by atoms with Crippen LogP contribution in [0.3, 0.4) is 0 Å². The van der Waals surface area contributed by atoms with Gasteiger partial charge in [0.15, 0.2) is 5.96 Å². The van der Waals surface area contributed by atoms with E-state index in [2.05, 4.69) is 27.4 Å². The van der Waals surface area contributed by atoms with Crippen LogP contribution < -0.4 is 10.6 Å². The second-order valence-corrected chi connectivity index (χ2v) is 9.16. The minimum absolute atomic E-state index is 0. The van der Waals surface area contributed by atoms with Crippen molar-refractivity contribution >= 4 is 47.6 Å². The van der Waals surface area contributed by atoms with Gasteiger partial charge in [0.1, 0.15) is 6.54 Å². The maximum absolute atomic E-state index is 11.9. The van der Waals surface area contributed by atoms with E-state index in [0.29, 0.717) is 11.3 Å². The highest BCUT2D eigenvalue weighted by atomic mass is 127. The molecule has 1 heterocycles. The third-order valence-corrected chi connectivity index (χ3v) is 7.10. The summed E-state index contributed by atoms with van der Waals surface area (Å²) in [6.07, 6.45) is 9.37. The summed E-state index contributed by atoms with van der Waals surface area (Å²) in [5, 5.41) is 7.83. The van der Waals surface area contributed by atoms with Crippen molar-refractivity contribution in [2.75, 3.05) is 32.9 Å². The van der Waals surface area contributed by atoms with Gasteiger partial charge in [-0.25, -0.2) is 4.99 Å². The molecule has 144 valence electrons. The Kier molecular flexibility index (Phi) is 8.64. The molecule has 2 saturated carbocycles. The van der Waals surface area contributed by atoms with Crippen LogP contribution in [0.5, 0.6) is 0 Å². The van der Waals surface area contributed by atoms with Gasteiger partial charge < -0.3 is 15.5 Å². The molecule has 2 N–H and O–H groups in total. The normalized spacial score (nSPS) is 31.4. The average molecular weight is 480 g/mol. The standard InChI is InChI=1S/C18H32N4OS.HI/c1-22(2)17(23)12-20-18(19-11-15-5-3-4-8-24-15)21-16-10-13-6-7-14(16)9-13;/h13-16H,3-12H2,1-2H3,(H2,19,20,21);1H. The van der Waals surface area contributed by atoms with E-state index in [0.717, 1.165) is 24.3 Å². The number of nitrogens with one attached hydrogen (secondary N) is 2. The van der Waals surface area contributed by atoms with Crippen LogP contribution >= 0.6 is 35.7 Å². The highest BCUT2D eigenvalue weighted by molar-refractivity contribution is 14.0. The first-order valence-corrected chi connectivity index (χ1v) is 10.5. The molecule has 0 aromatic rings. The number of carbonyl (C=O) groups excluding carboxylic acids is 1. The smallest absolute Gasteiger partial charge is 0.243 e. The molecule has 3 fully saturated rings. The number of aliphatic imine (C=N–C) groups is 1. The van der Waals surface area contributed by atoms with Gasteiger partial charge in [0, 0.05) is 31.9 Å². The van der Waals surface area contributed by atoms with Gasteiger partial charge in [-0.05, 0) is 49.7 Å². The van der Waals surface area contributed by atoms with Crippen molar-refractivity contribution < 1.29 is 4.79 Å². The number of guanidine groups is 1. The molecule has 0 aromatic carbocycles. The Balaban J connectivity index is 0.00000225. The molecular formula is C18H33IN4OS. The summed E-state index contributed by atoms with van der Waals surface area (Å²) in [6.45, 7) is 1.18. The quantitative estimate of drug-likeness (QED) is 0.361. The summed E-state index contributed by atoms with van der Waals surface area (Å²) in [4.78, 5) is 18.1. The van der Waals surface area contributed by atoms with Crippen LogP contribution in [0.15, 0.2) is 4.99 Å². The number of hydrogen-bond donors (Lipinski definition) is 2. The first-order chi connectivity index (χ1) is 11.6. The number of halogens is 1. The Labute approximate surface area is 173 Å². The number of rotatable bonds is 5. The lowest BCUT2D eigenvalue weighted by atomic mass is 9.95. The van der Waals surface area contributed by atoms with Crippen molar-refractivity contribution in [2.45, 2.75) is 56.2 Å². The number of thioether (sulfide) groups is 1. The van der Waals surface area contributed by atoms with E-state index in [4.69, 9.17) is 0 Å². The monoisotopic (exact) mass is 480 g/mol.